The van der Waals surface area contributed by atoms with Crippen LogP contribution in [0.3, 0.4) is 0 Å². The molecule has 2 aromatic carbocycles. The molecule has 0 bridgehead atoms. The summed E-state index contributed by atoms with van der Waals surface area (Å²) < 4.78 is 0. The van der Waals surface area contributed by atoms with E-state index in [-0.39, 0.29) is 18.4 Å². The van der Waals surface area contributed by atoms with E-state index in [0.717, 1.165) is 35.6 Å². The number of carbonyl (C=O) groups is 2. The Morgan fingerprint density at radius 1 is 1.00 bits per heavy atom. The molecular weight excluding hydrogens is 352 g/mol. The largest absolute Gasteiger partial charge is 0.370 e. The minimum atomic E-state index is -0.463. The highest BCUT2D eigenvalue weighted by molar-refractivity contribution is 5.96. The van der Waals surface area contributed by atoms with Gasteiger partial charge >= 0.3 is 0 Å². The van der Waals surface area contributed by atoms with Gasteiger partial charge in [-0.05, 0) is 42.5 Å². The fourth-order valence-corrected chi connectivity index (χ4v) is 4.21. The van der Waals surface area contributed by atoms with E-state index in [1.54, 1.807) is 0 Å². The summed E-state index contributed by atoms with van der Waals surface area (Å²) in [6, 6.07) is 15.5. The molecule has 6 heteroatoms. The first-order valence-corrected chi connectivity index (χ1v) is 9.86. The molecule has 1 saturated heterocycles. The second kappa shape index (κ2) is 8.02. The van der Waals surface area contributed by atoms with Crippen molar-refractivity contribution in [2.24, 2.45) is 5.73 Å². The first-order valence-electron chi connectivity index (χ1n) is 9.86. The van der Waals surface area contributed by atoms with Crippen LogP contribution in [0.5, 0.6) is 0 Å². The van der Waals surface area contributed by atoms with E-state index in [2.05, 4.69) is 10.2 Å². The lowest BCUT2D eigenvalue weighted by molar-refractivity contribution is -0.125. The van der Waals surface area contributed by atoms with Gasteiger partial charge in [0, 0.05) is 19.6 Å². The van der Waals surface area contributed by atoms with Crippen LogP contribution in [-0.4, -0.2) is 42.4 Å². The van der Waals surface area contributed by atoms with E-state index in [9.17, 15) is 9.59 Å². The molecule has 0 spiro atoms. The second-order valence-electron chi connectivity index (χ2n) is 7.56. The van der Waals surface area contributed by atoms with Crippen LogP contribution < -0.4 is 16.0 Å². The van der Waals surface area contributed by atoms with Gasteiger partial charge in [0.1, 0.15) is 0 Å². The van der Waals surface area contributed by atoms with Crippen LogP contribution in [0, 0.1) is 0 Å². The Morgan fingerprint density at radius 2 is 1.68 bits per heavy atom. The van der Waals surface area contributed by atoms with Crippen LogP contribution >= 0.6 is 0 Å². The van der Waals surface area contributed by atoms with Gasteiger partial charge in [-0.15, -0.1) is 0 Å². The molecule has 4 rings (SSSR count). The number of nitrogens with one attached hydrogen (secondary N) is 1. The number of benzene rings is 2. The zero-order valence-corrected chi connectivity index (χ0v) is 15.9. The summed E-state index contributed by atoms with van der Waals surface area (Å²) in [6.45, 7) is 2.71. The number of nitrogens with zero attached hydrogens (tertiary/aromatic N) is 2. The molecule has 1 atom stereocenters. The van der Waals surface area contributed by atoms with E-state index in [0.29, 0.717) is 13.0 Å². The standard InChI is InChI=1S/C22H26N4O2/c23-22(28)20-13-16-7-1-2-8-17(16)14-26(20)15-21(27)24-18-9-3-4-10-19(18)25-11-5-6-12-25/h1-4,7-10,20H,5-6,11-15H2,(H2,23,28)(H,24,27)/t20-/m1/s1. The number of rotatable bonds is 5. The maximum Gasteiger partial charge on any atom is 0.238 e. The maximum absolute atomic E-state index is 12.8. The Kier molecular flexibility index (Phi) is 5.30. The van der Waals surface area contributed by atoms with Crippen molar-refractivity contribution in [1.82, 2.24) is 4.90 Å². The summed E-state index contributed by atoms with van der Waals surface area (Å²) in [5, 5.41) is 3.04. The Labute approximate surface area is 165 Å². The zero-order valence-electron chi connectivity index (χ0n) is 15.9. The molecule has 2 aliphatic rings. The molecule has 0 aliphatic carbocycles. The fourth-order valence-electron chi connectivity index (χ4n) is 4.21. The number of anilines is 2. The highest BCUT2D eigenvalue weighted by Crippen LogP contribution is 2.29. The smallest absolute Gasteiger partial charge is 0.238 e. The third-order valence-electron chi connectivity index (χ3n) is 5.65. The van der Waals surface area contributed by atoms with E-state index < -0.39 is 6.04 Å². The van der Waals surface area contributed by atoms with Crippen molar-refractivity contribution >= 4 is 23.2 Å². The first kappa shape index (κ1) is 18.5. The number of carbonyl (C=O) groups excluding carboxylic acids is 2. The monoisotopic (exact) mass is 378 g/mol. The number of hydrogen-bond donors (Lipinski definition) is 2. The van der Waals surface area contributed by atoms with Gasteiger partial charge in [-0.3, -0.25) is 14.5 Å². The van der Waals surface area contributed by atoms with Crippen LogP contribution in [-0.2, 0) is 22.6 Å². The molecule has 0 radical (unpaired) electrons. The van der Waals surface area contributed by atoms with Gasteiger partial charge in [0.05, 0.1) is 24.0 Å². The van der Waals surface area contributed by atoms with Crippen LogP contribution in [0.25, 0.3) is 0 Å². The Bertz CT molecular complexity index is 876. The van der Waals surface area contributed by atoms with Gasteiger partial charge in [0.15, 0.2) is 0 Å². The number of primary amides is 1. The molecule has 6 nitrogen and oxygen atoms in total. The van der Waals surface area contributed by atoms with Crippen LogP contribution in [0.1, 0.15) is 24.0 Å². The highest BCUT2D eigenvalue weighted by Gasteiger charge is 2.31. The predicted molar refractivity (Wildman–Crippen MR) is 110 cm³/mol. The van der Waals surface area contributed by atoms with Gasteiger partial charge in [-0.1, -0.05) is 36.4 Å². The third-order valence-corrected chi connectivity index (χ3v) is 5.65. The van der Waals surface area contributed by atoms with E-state index in [1.165, 1.54) is 12.8 Å². The van der Waals surface area contributed by atoms with E-state index in [1.807, 2.05) is 53.4 Å². The quantitative estimate of drug-likeness (QED) is 0.836. The second-order valence-corrected chi connectivity index (χ2v) is 7.56. The van der Waals surface area contributed by atoms with Crippen molar-refractivity contribution in [2.75, 3.05) is 29.9 Å². The normalized spacial score (nSPS) is 19.3. The molecule has 146 valence electrons. The number of para-hydroxylation sites is 2. The SMILES string of the molecule is NC(=O)[C@H]1Cc2ccccc2CN1CC(=O)Nc1ccccc1N1CCCC1. The molecule has 2 amide bonds. The number of amides is 2. The van der Waals surface area contributed by atoms with E-state index in [4.69, 9.17) is 5.73 Å². The molecule has 2 heterocycles. The lowest BCUT2D eigenvalue weighted by Gasteiger charge is -2.34. The van der Waals surface area contributed by atoms with Gasteiger partial charge in [-0.25, -0.2) is 0 Å². The van der Waals surface area contributed by atoms with Crippen molar-refractivity contribution in [2.45, 2.75) is 31.8 Å². The lowest BCUT2D eigenvalue weighted by atomic mass is 9.93. The molecule has 3 N–H and O–H groups in total. The summed E-state index contributed by atoms with van der Waals surface area (Å²) in [7, 11) is 0. The minimum Gasteiger partial charge on any atom is -0.370 e. The lowest BCUT2D eigenvalue weighted by Crippen LogP contribution is -2.50. The third kappa shape index (κ3) is 3.87. The molecule has 0 unspecified atom stereocenters. The molecule has 2 aliphatic heterocycles. The van der Waals surface area contributed by atoms with Gasteiger partial charge in [0.2, 0.25) is 11.8 Å². The maximum atomic E-state index is 12.8. The summed E-state index contributed by atoms with van der Waals surface area (Å²) in [5.74, 6) is -0.517. The Balaban J connectivity index is 1.48. The van der Waals surface area contributed by atoms with Gasteiger partial charge < -0.3 is 16.0 Å². The average molecular weight is 378 g/mol. The van der Waals surface area contributed by atoms with Crippen LogP contribution in [0.2, 0.25) is 0 Å². The topological polar surface area (TPSA) is 78.7 Å². The molecule has 28 heavy (non-hydrogen) atoms. The predicted octanol–water partition coefficient (Wildman–Crippen LogP) is 2.14. The van der Waals surface area contributed by atoms with Crippen LogP contribution in [0.4, 0.5) is 11.4 Å². The number of hydrogen-bond acceptors (Lipinski definition) is 4. The summed E-state index contributed by atoms with van der Waals surface area (Å²) in [4.78, 5) is 29.0. The van der Waals surface area contributed by atoms with Crippen molar-refractivity contribution < 1.29 is 9.59 Å². The van der Waals surface area contributed by atoms with Gasteiger partial charge in [-0.2, -0.15) is 0 Å². The number of fused-ring (bicyclic) bond motifs is 1. The van der Waals surface area contributed by atoms with Crippen molar-refractivity contribution in [3.8, 4) is 0 Å². The summed E-state index contributed by atoms with van der Waals surface area (Å²) >= 11 is 0. The van der Waals surface area contributed by atoms with Crippen molar-refractivity contribution in [3.63, 3.8) is 0 Å². The van der Waals surface area contributed by atoms with Crippen molar-refractivity contribution in [1.29, 1.82) is 0 Å². The molecule has 0 aromatic heterocycles. The summed E-state index contributed by atoms with van der Waals surface area (Å²) in [5.41, 5.74) is 9.78. The van der Waals surface area contributed by atoms with Crippen molar-refractivity contribution in [3.05, 3.63) is 59.7 Å². The Hall–Kier alpha value is -2.86. The minimum absolute atomic E-state index is 0.128. The van der Waals surface area contributed by atoms with E-state index >= 15 is 0 Å². The summed E-state index contributed by atoms with van der Waals surface area (Å²) in [6.07, 6.45) is 2.90. The average Bonchev–Trinajstić information content (AvgIpc) is 3.22. The van der Waals surface area contributed by atoms with Gasteiger partial charge in [0.25, 0.3) is 0 Å². The number of nitrogens with two attached hydrogens (primary N) is 1. The zero-order chi connectivity index (χ0) is 19.5. The highest BCUT2D eigenvalue weighted by atomic mass is 16.2. The Morgan fingerprint density at radius 3 is 2.43 bits per heavy atom. The molecule has 2 aromatic rings. The molecule has 0 saturated carbocycles. The molecule has 1 fully saturated rings. The fraction of sp³-hybridized carbons (Fsp3) is 0.364. The first-order chi connectivity index (χ1) is 13.6. The molecular formula is C22H26N4O2. The van der Waals surface area contributed by atoms with Crippen LogP contribution in [0.15, 0.2) is 48.5 Å².